The molecule has 2 N–H and O–H groups in total. The number of likely N-dealkylation sites (tertiary alicyclic amines) is 1. The number of fused-ring (bicyclic) bond motifs is 1. The topological polar surface area (TPSA) is 82.5 Å². The third-order valence-corrected chi connectivity index (χ3v) is 6.22. The van der Waals surface area contributed by atoms with E-state index in [1.165, 1.54) is 4.52 Å². The Kier molecular flexibility index (Phi) is 5.37. The van der Waals surface area contributed by atoms with Crippen molar-refractivity contribution in [3.8, 4) is 0 Å². The van der Waals surface area contributed by atoms with Crippen LogP contribution in [0.1, 0.15) is 65.1 Å². The summed E-state index contributed by atoms with van der Waals surface area (Å²) in [4.78, 5) is 32.7. The van der Waals surface area contributed by atoms with Gasteiger partial charge >= 0.3 is 0 Å². The Morgan fingerprint density at radius 2 is 2.07 bits per heavy atom. The fourth-order valence-corrected chi connectivity index (χ4v) is 4.27. The monoisotopic (exact) mass is 407 g/mol. The van der Waals surface area contributed by atoms with Crippen LogP contribution in [0, 0.1) is 13.8 Å². The van der Waals surface area contributed by atoms with Gasteiger partial charge in [-0.1, -0.05) is 13.0 Å². The lowest BCUT2D eigenvalue weighted by molar-refractivity contribution is 0.0606. The Morgan fingerprint density at radius 3 is 2.80 bits per heavy atom. The summed E-state index contributed by atoms with van der Waals surface area (Å²) < 4.78 is 1.49. The van der Waals surface area contributed by atoms with Gasteiger partial charge in [0.15, 0.2) is 5.65 Å². The number of nitrogens with one attached hydrogen (secondary N) is 2. The van der Waals surface area contributed by atoms with Gasteiger partial charge in [0.1, 0.15) is 0 Å². The summed E-state index contributed by atoms with van der Waals surface area (Å²) in [5.41, 5.74) is 5.40. The largest absolute Gasteiger partial charge is 0.387 e. The lowest BCUT2D eigenvalue weighted by Crippen LogP contribution is -2.39. The number of piperidine rings is 1. The van der Waals surface area contributed by atoms with Crippen LogP contribution < -0.4 is 10.9 Å². The van der Waals surface area contributed by atoms with Gasteiger partial charge in [0.2, 0.25) is 0 Å². The summed E-state index contributed by atoms with van der Waals surface area (Å²) in [6, 6.07) is 7.82. The molecule has 0 spiro atoms. The highest BCUT2D eigenvalue weighted by atomic mass is 16.2. The SMILES string of the molecule is CCc1ccc(NC)c(C(=O)N2CCCC[C@H]2c2cc3nc(C)c(C)c(=O)n3[nH]2)c1. The van der Waals surface area contributed by atoms with Crippen LogP contribution in [0.5, 0.6) is 0 Å². The van der Waals surface area contributed by atoms with Gasteiger partial charge in [-0.05, 0) is 57.2 Å². The van der Waals surface area contributed by atoms with E-state index in [0.717, 1.165) is 48.3 Å². The second kappa shape index (κ2) is 7.97. The van der Waals surface area contributed by atoms with Gasteiger partial charge in [-0.15, -0.1) is 0 Å². The number of H-pyrrole nitrogens is 1. The average Bonchev–Trinajstić information content (AvgIpc) is 3.20. The van der Waals surface area contributed by atoms with Crippen molar-refractivity contribution in [3.05, 3.63) is 62.7 Å². The molecule has 1 aliphatic rings. The van der Waals surface area contributed by atoms with Crippen LogP contribution >= 0.6 is 0 Å². The van der Waals surface area contributed by atoms with Gasteiger partial charge in [0, 0.05) is 36.6 Å². The lowest BCUT2D eigenvalue weighted by Gasteiger charge is -2.35. The summed E-state index contributed by atoms with van der Waals surface area (Å²) in [5, 5.41) is 6.37. The third-order valence-electron chi connectivity index (χ3n) is 6.22. The van der Waals surface area contributed by atoms with Crippen molar-refractivity contribution in [1.29, 1.82) is 0 Å². The summed E-state index contributed by atoms with van der Waals surface area (Å²) in [7, 11) is 1.84. The fraction of sp³-hybridized carbons (Fsp3) is 0.435. The first-order valence-electron chi connectivity index (χ1n) is 10.6. The molecule has 1 aromatic carbocycles. The molecule has 3 heterocycles. The molecule has 0 unspecified atom stereocenters. The van der Waals surface area contributed by atoms with E-state index in [4.69, 9.17) is 0 Å². The number of carbonyl (C=O) groups is 1. The van der Waals surface area contributed by atoms with E-state index >= 15 is 0 Å². The molecule has 4 rings (SSSR count). The molecule has 0 bridgehead atoms. The van der Waals surface area contributed by atoms with Crippen molar-refractivity contribution in [1.82, 2.24) is 19.5 Å². The highest BCUT2D eigenvalue weighted by molar-refractivity contribution is 6.00. The number of anilines is 1. The zero-order chi connectivity index (χ0) is 21.4. The van der Waals surface area contributed by atoms with Crippen LogP contribution in [0.2, 0.25) is 0 Å². The lowest BCUT2D eigenvalue weighted by atomic mass is 9.97. The molecule has 1 saturated heterocycles. The fourth-order valence-electron chi connectivity index (χ4n) is 4.27. The first-order valence-corrected chi connectivity index (χ1v) is 10.6. The quantitative estimate of drug-likeness (QED) is 0.692. The van der Waals surface area contributed by atoms with E-state index in [2.05, 4.69) is 28.4 Å². The number of nitrogens with zero attached hydrogens (tertiary/aromatic N) is 3. The van der Waals surface area contributed by atoms with Crippen LogP contribution in [-0.2, 0) is 6.42 Å². The Hall–Kier alpha value is -3.09. The Labute approximate surface area is 176 Å². The van der Waals surface area contributed by atoms with E-state index < -0.39 is 0 Å². The summed E-state index contributed by atoms with van der Waals surface area (Å²) >= 11 is 0. The maximum atomic E-state index is 13.6. The first-order chi connectivity index (χ1) is 14.4. The molecule has 7 heteroatoms. The second-order valence-electron chi connectivity index (χ2n) is 8.03. The highest BCUT2D eigenvalue weighted by Crippen LogP contribution is 2.33. The van der Waals surface area contributed by atoms with Crippen molar-refractivity contribution in [3.63, 3.8) is 0 Å². The predicted molar refractivity (Wildman–Crippen MR) is 118 cm³/mol. The molecule has 30 heavy (non-hydrogen) atoms. The number of benzene rings is 1. The molecule has 1 fully saturated rings. The summed E-state index contributed by atoms with van der Waals surface area (Å²) in [5.74, 6) is 0.0191. The molecule has 158 valence electrons. The highest BCUT2D eigenvalue weighted by Gasteiger charge is 2.31. The molecule has 3 aromatic rings. The number of hydrogen-bond donors (Lipinski definition) is 2. The van der Waals surface area contributed by atoms with Crippen LogP contribution in [-0.4, -0.2) is 39.0 Å². The molecule has 0 aliphatic carbocycles. The molecule has 7 nitrogen and oxygen atoms in total. The number of amides is 1. The first kappa shape index (κ1) is 20.2. The van der Waals surface area contributed by atoms with Gasteiger partial charge in [-0.2, -0.15) is 0 Å². The van der Waals surface area contributed by atoms with Gasteiger partial charge < -0.3 is 10.2 Å². The number of carbonyl (C=O) groups excluding carboxylic acids is 1. The predicted octanol–water partition coefficient (Wildman–Crippen LogP) is 3.61. The summed E-state index contributed by atoms with van der Waals surface area (Å²) in [6.45, 7) is 6.41. The zero-order valence-electron chi connectivity index (χ0n) is 18.1. The van der Waals surface area contributed by atoms with Crippen LogP contribution in [0.4, 0.5) is 5.69 Å². The Morgan fingerprint density at radius 1 is 1.27 bits per heavy atom. The minimum absolute atomic E-state index is 0.0191. The van der Waals surface area contributed by atoms with E-state index in [-0.39, 0.29) is 17.5 Å². The minimum atomic E-state index is -0.108. The Bertz CT molecular complexity index is 1160. The number of rotatable bonds is 4. The summed E-state index contributed by atoms with van der Waals surface area (Å²) in [6.07, 6.45) is 3.75. The smallest absolute Gasteiger partial charge is 0.275 e. The van der Waals surface area contributed by atoms with Gasteiger partial charge in [0.25, 0.3) is 11.5 Å². The molecule has 1 amide bonds. The zero-order valence-corrected chi connectivity index (χ0v) is 18.1. The van der Waals surface area contributed by atoms with Crippen LogP contribution in [0.25, 0.3) is 5.65 Å². The number of aromatic amines is 1. The molecule has 0 radical (unpaired) electrons. The van der Waals surface area contributed by atoms with Gasteiger partial charge in [-0.3, -0.25) is 14.7 Å². The van der Waals surface area contributed by atoms with Crippen molar-refractivity contribution in [2.24, 2.45) is 0 Å². The number of aromatic nitrogens is 3. The van der Waals surface area contributed by atoms with Gasteiger partial charge in [0.05, 0.1) is 17.3 Å². The average molecular weight is 408 g/mol. The molecule has 1 aliphatic heterocycles. The molecule has 1 atom stereocenters. The normalized spacial score (nSPS) is 16.8. The van der Waals surface area contributed by atoms with Crippen LogP contribution in [0.15, 0.2) is 29.1 Å². The van der Waals surface area contributed by atoms with E-state index in [1.807, 2.05) is 37.1 Å². The number of hydrogen-bond acceptors (Lipinski definition) is 4. The van der Waals surface area contributed by atoms with Crippen molar-refractivity contribution in [2.45, 2.75) is 52.5 Å². The van der Waals surface area contributed by atoms with E-state index in [1.54, 1.807) is 6.92 Å². The second-order valence-corrected chi connectivity index (χ2v) is 8.03. The van der Waals surface area contributed by atoms with E-state index in [0.29, 0.717) is 23.3 Å². The van der Waals surface area contributed by atoms with Crippen molar-refractivity contribution < 1.29 is 4.79 Å². The van der Waals surface area contributed by atoms with Crippen molar-refractivity contribution >= 4 is 17.2 Å². The standard InChI is InChI=1S/C23H29N5O2/c1-5-16-9-10-18(24-4)17(12-16)23(30)27-11-7-6-8-20(27)19-13-21-25-15(3)14(2)22(29)28(21)26-19/h9-10,12-13,20,24,26H,5-8,11H2,1-4H3/t20-/m0/s1. The number of aryl methyl sites for hydroxylation is 2. The minimum Gasteiger partial charge on any atom is -0.387 e. The molecule has 0 saturated carbocycles. The molecular formula is C23H29N5O2. The van der Waals surface area contributed by atoms with E-state index in [9.17, 15) is 9.59 Å². The van der Waals surface area contributed by atoms with Crippen LogP contribution in [0.3, 0.4) is 0 Å². The molecular weight excluding hydrogens is 378 g/mol. The van der Waals surface area contributed by atoms with Gasteiger partial charge in [-0.25, -0.2) is 9.50 Å². The third kappa shape index (κ3) is 3.38. The molecule has 2 aromatic heterocycles. The maximum absolute atomic E-state index is 13.6. The maximum Gasteiger partial charge on any atom is 0.275 e. The van der Waals surface area contributed by atoms with Crippen molar-refractivity contribution in [2.75, 3.05) is 18.9 Å². The Balaban J connectivity index is 1.76.